The van der Waals surface area contributed by atoms with Gasteiger partial charge in [0.1, 0.15) is 0 Å². The maximum atomic E-state index is 4.03. The van der Waals surface area contributed by atoms with E-state index in [1.807, 2.05) is 13.0 Å². The van der Waals surface area contributed by atoms with Gasteiger partial charge in [0.25, 0.3) is 0 Å². The van der Waals surface area contributed by atoms with Crippen LogP contribution in [0.25, 0.3) is 0 Å². The fourth-order valence-electron chi connectivity index (χ4n) is 0.767. The molecule has 1 rings (SSSR count). The molecule has 1 heterocycles. The van der Waals surface area contributed by atoms with Crippen molar-refractivity contribution in [1.29, 1.82) is 0 Å². The molecule has 0 unspecified atom stereocenters. The fraction of sp³-hybridized carbons (Fsp3) is 0.250. The minimum atomic E-state index is 0.736. The van der Waals surface area contributed by atoms with Crippen LogP contribution in [0.15, 0.2) is 33.8 Å². The van der Waals surface area contributed by atoms with E-state index in [9.17, 15) is 0 Å². The molecule has 0 spiro atoms. The summed E-state index contributed by atoms with van der Waals surface area (Å²) in [7, 11) is 1.72. The highest BCUT2D eigenvalue weighted by atomic mass is 14.9. The maximum absolute atomic E-state index is 4.03. The van der Waals surface area contributed by atoms with Crippen molar-refractivity contribution in [1.82, 2.24) is 0 Å². The normalized spacial score (nSPS) is 21.6. The number of rotatable bonds is 0. The minimum Gasteiger partial charge on any atom is -0.270 e. The molecule has 10 heavy (non-hydrogen) atoms. The number of hydrogen-bond acceptors (Lipinski definition) is 1. The molecule has 0 saturated heterocycles. The third kappa shape index (κ3) is 1.05. The van der Waals surface area contributed by atoms with Crippen LogP contribution in [0.3, 0.4) is 0 Å². The van der Waals surface area contributed by atoms with Crippen molar-refractivity contribution >= 4 is 12.1 Å². The van der Waals surface area contributed by atoms with Crippen LogP contribution in [-0.2, 0) is 0 Å². The van der Waals surface area contributed by atoms with Gasteiger partial charge in [0.05, 0.1) is 0 Å². The second-order valence-corrected chi connectivity index (χ2v) is 2.15. The molecule has 0 atom stereocenters. The van der Waals surface area contributed by atoms with Gasteiger partial charge in [-0.05, 0) is 18.6 Å². The molecule has 0 fully saturated rings. The van der Waals surface area contributed by atoms with Gasteiger partial charge < -0.3 is 0 Å². The largest absolute Gasteiger partial charge is 0.270 e. The van der Waals surface area contributed by atoms with Gasteiger partial charge >= 0.3 is 0 Å². The van der Waals surface area contributed by atoms with Crippen LogP contribution in [0.1, 0.15) is 6.92 Å². The average Bonchev–Trinajstić information content (AvgIpc) is 1.95. The van der Waals surface area contributed by atoms with Crippen molar-refractivity contribution < 1.29 is 0 Å². The number of dihydropyridines is 1. The predicted octanol–water partition coefficient (Wildman–Crippen LogP) is 1.60. The standard InChI is InChI=1S/C8H10N2/c1-6-4-5-10-8(9-3)7(6)2/h4-5H,2H2,1,3H3. The van der Waals surface area contributed by atoms with E-state index in [0.717, 1.165) is 17.0 Å². The van der Waals surface area contributed by atoms with Crippen molar-refractivity contribution in [2.75, 3.05) is 7.05 Å². The van der Waals surface area contributed by atoms with Crippen LogP contribution in [-0.4, -0.2) is 19.1 Å². The Kier molecular flexibility index (Phi) is 1.81. The molecular formula is C8H10N2. The Morgan fingerprint density at radius 1 is 1.60 bits per heavy atom. The van der Waals surface area contributed by atoms with E-state index in [1.165, 1.54) is 0 Å². The summed E-state index contributed by atoms with van der Waals surface area (Å²) in [5.41, 5.74) is 2.06. The van der Waals surface area contributed by atoms with Gasteiger partial charge in [-0.25, -0.2) is 4.99 Å². The molecule has 0 N–H and O–H groups in total. The van der Waals surface area contributed by atoms with Crippen LogP contribution in [0.5, 0.6) is 0 Å². The summed E-state index contributed by atoms with van der Waals surface area (Å²) in [4.78, 5) is 7.99. The Morgan fingerprint density at radius 2 is 2.30 bits per heavy atom. The van der Waals surface area contributed by atoms with Crippen molar-refractivity contribution in [3.05, 3.63) is 23.8 Å². The highest BCUT2D eigenvalue weighted by Crippen LogP contribution is 2.12. The summed E-state index contributed by atoms with van der Waals surface area (Å²) in [5.74, 6) is 0.736. The van der Waals surface area contributed by atoms with Gasteiger partial charge in [0.2, 0.25) is 0 Å². The lowest BCUT2D eigenvalue weighted by Crippen LogP contribution is -2.04. The van der Waals surface area contributed by atoms with Crippen LogP contribution in [0.2, 0.25) is 0 Å². The zero-order valence-corrected chi connectivity index (χ0v) is 6.26. The molecule has 1 aliphatic rings. The molecule has 1 aliphatic heterocycles. The summed E-state index contributed by atoms with van der Waals surface area (Å²) in [6, 6.07) is 0. The molecule has 0 aromatic heterocycles. The number of amidine groups is 1. The molecule has 0 bridgehead atoms. The summed E-state index contributed by atoms with van der Waals surface area (Å²) in [5, 5.41) is 0. The van der Waals surface area contributed by atoms with Crippen LogP contribution in [0.4, 0.5) is 0 Å². The summed E-state index contributed by atoms with van der Waals surface area (Å²) < 4.78 is 0. The molecule has 2 heteroatoms. The summed E-state index contributed by atoms with van der Waals surface area (Å²) in [6.45, 7) is 5.83. The third-order valence-corrected chi connectivity index (χ3v) is 1.48. The molecule has 0 saturated carbocycles. The van der Waals surface area contributed by atoms with E-state index in [2.05, 4.69) is 16.6 Å². The monoisotopic (exact) mass is 134 g/mol. The van der Waals surface area contributed by atoms with Gasteiger partial charge in [-0.3, -0.25) is 4.99 Å². The molecule has 0 aliphatic carbocycles. The lowest BCUT2D eigenvalue weighted by Gasteiger charge is -2.07. The second kappa shape index (κ2) is 2.60. The second-order valence-electron chi connectivity index (χ2n) is 2.15. The van der Waals surface area contributed by atoms with E-state index < -0.39 is 0 Å². The highest BCUT2D eigenvalue weighted by Gasteiger charge is 2.05. The smallest absolute Gasteiger partial charge is 0.153 e. The van der Waals surface area contributed by atoms with Crippen molar-refractivity contribution in [2.45, 2.75) is 6.92 Å². The molecule has 0 radical (unpaired) electrons. The van der Waals surface area contributed by atoms with Crippen molar-refractivity contribution in [3.63, 3.8) is 0 Å². The van der Waals surface area contributed by atoms with Crippen LogP contribution >= 0.6 is 0 Å². The van der Waals surface area contributed by atoms with E-state index in [1.54, 1.807) is 13.3 Å². The lowest BCUT2D eigenvalue weighted by molar-refractivity contribution is 1.35. The number of allylic oxidation sites excluding steroid dienone is 1. The first kappa shape index (κ1) is 6.93. The predicted molar refractivity (Wildman–Crippen MR) is 44.7 cm³/mol. The van der Waals surface area contributed by atoms with Gasteiger partial charge in [0, 0.05) is 18.8 Å². The first-order chi connectivity index (χ1) is 4.75. The third-order valence-electron chi connectivity index (χ3n) is 1.48. The molecule has 0 aromatic carbocycles. The molecule has 2 nitrogen and oxygen atoms in total. The molecular weight excluding hydrogens is 124 g/mol. The van der Waals surface area contributed by atoms with E-state index in [0.29, 0.717) is 0 Å². The van der Waals surface area contributed by atoms with Gasteiger partial charge in [-0.1, -0.05) is 6.58 Å². The Bertz CT molecular complexity index is 244. The Hall–Kier alpha value is -1.18. The zero-order chi connectivity index (χ0) is 7.56. The zero-order valence-electron chi connectivity index (χ0n) is 6.26. The molecule has 52 valence electrons. The highest BCUT2D eigenvalue weighted by molar-refractivity contribution is 6.09. The first-order valence-corrected chi connectivity index (χ1v) is 3.13. The average molecular weight is 134 g/mol. The fourth-order valence-corrected chi connectivity index (χ4v) is 0.767. The van der Waals surface area contributed by atoms with E-state index in [-0.39, 0.29) is 0 Å². The molecule has 0 amide bonds. The van der Waals surface area contributed by atoms with Gasteiger partial charge in [-0.15, -0.1) is 0 Å². The SMILES string of the molecule is C=C1C(C)=CC=NC1=NC. The van der Waals surface area contributed by atoms with Gasteiger partial charge in [0.15, 0.2) is 5.84 Å². The summed E-state index contributed by atoms with van der Waals surface area (Å²) in [6.07, 6.45) is 3.67. The number of hydrogen-bond donors (Lipinski definition) is 0. The Balaban J connectivity index is 3.00. The van der Waals surface area contributed by atoms with E-state index >= 15 is 0 Å². The summed E-state index contributed by atoms with van der Waals surface area (Å²) >= 11 is 0. The van der Waals surface area contributed by atoms with Crippen molar-refractivity contribution in [2.24, 2.45) is 9.98 Å². The van der Waals surface area contributed by atoms with E-state index in [4.69, 9.17) is 0 Å². The maximum Gasteiger partial charge on any atom is 0.153 e. The van der Waals surface area contributed by atoms with Gasteiger partial charge in [-0.2, -0.15) is 0 Å². The number of aliphatic imine (C=N–C) groups is 2. The minimum absolute atomic E-state index is 0.736. The van der Waals surface area contributed by atoms with Crippen molar-refractivity contribution in [3.8, 4) is 0 Å². The topological polar surface area (TPSA) is 24.7 Å². The lowest BCUT2D eigenvalue weighted by atomic mass is 10.1. The number of nitrogens with zero attached hydrogens (tertiary/aromatic N) is 2. The van der Waals surface area contributed by atoms with Crippen LogP contribution in [0, 0.1) is 0 Å². The quantitative estimate of drug-likeness (QED) is 0.480. The van der Waals surface area contributed by atoms with Crippen LogP contribution < -0.4 is 0 Å². The Labute approximate surface area is 60.7 Å². The first-order valence-electron chi connectivity index (χ1n) is 3.13. The molecule has 0 aromatic rings. The Morgan fingerprint density at radius 3 is 2.80 bits per heavy atom.